The summed E-state index contributed by atoms with van der Waals surface area (Å²) in [5.74, 6) is 1.41. The molecule has 2 N–H and O–H groups in total. The van der Waals surface area contributed by atoms with Crippen LogP contribution in [-0.4, -0.2) is 12.0 Å². The van der Waals surface area contributed by atoms with Gasteiger partial charge < -0.3 is 19.8 Å². The van der Waals surface area contributed by atoms with Gasteiger partial charge in [0, 0.05) is 5.69 Å². The number of hydrogen-bond donors (Lipinski definition) is 2. The molecule has 1 aliphatic heterocycles. The van der Waals surface area contributed by atoms with Crippen molar-refractivity contribution in [1.82, 2.24) is 0 Å². The number of anilines is 2. The van der Waals surface area contributed by atoms with Gasteiger partial charge in [-0.1, -0.05) is 0 Å². The summed E-state index contributed by atoms with van der Waals surface area (Å²) in [4.78, 5) is 11.5. The van der Waals surface area contributed by atoms with Crippen molar-refractivity contribution < 1.29 is 13.9 Å². The normalized spacial score (nSPS) is 17.3. The molecule has 1 aromatic heterocycles. The van der Waals surface area contributed by atoms with Gasteiger partial charge in [0.1, 0.15) is 11.5 Å². The van der Waals surface area contributed by atoms with Crippen LogP contribution in [0.3, 0.4) is 0 Å². The van der Waals surface area contributed by atoms with Crippen molar-refractivity contribution in [3.8, 4) is 5.75 Å². The highest BCUT2D eigenvalue weighted by Crippen LogP contribution is 2.32. The zero-order valence-corrected chi connectivity index (χ0v) is 10.5. The van der Waals surface area contributed by atoms with E-state index in [0.29, 0.717) is 18.0 Å². The van der Waals surface area contributed by atoms with Gasteiger partial charge in [0.25, 0.3) is 5.91 Å². The van der Waals surface area contributed by atoms with Gasteiger partial charge in [-0.3, -0.25) is 4.79 Å². The van der Waals surface area contributed by atoms with Crippen molar-refractivity contribution in [2.45, 2.75) is 19.6 Å². The molecule has 5 nitrogen and oxygen atoms in total. The molecule has 0 bridgehead atoms. The molecule has 0 saturated carbocycles. The van der Waals surface area contributed by atoms with Crippen LogP contribution >= 0.6 is 0 Å². The Morgan fingerprint density at radius 1 is 1.37 bits per heavy atom. The quantitative estimate of drug-likeness (QED) is 0.888. The van der Waals surface area contributed by atoms with Crippen molar-refractivity contribution in [1.29, 1.82) is 0 Å². The van der Waals surface area contributed by atoms with Crippen LogP contribution in [0.1, 0.15) is 12.7 Å². The van der Waals surface area contributed by atoms with Crippen molar-refractivity contribution in [3.63, 3.8) is 0 Å². The van der Waals surface area contributed by atoms with E-state index in [1.165, 1.54) is 0 Å². The molecule has 0 fully saturated rings. The van der Waals surface area contributed by atoms with Crippen LogP contribution in [0.25, 0.3) is 0 Å². The average Bonchev–Trinajstić information content (AvgIpc) is 2.91. The molecule has 2 aromatic rings. The fourth-order valence-corrected chi connectivity index (χ4v) is 1.92. The largest absolute Gasteiger partial charge is 0.479 e. The first-order chi connectivity index (χ1) is 9.22. The van der Waals surface area contributed by atoms with Crippen molar-refractivity contribution in [2.24, 2.45) is 0 Å². The third kappa shape index (κ3) is 2.40. The minimum atomic E-state index is -0.450. The first-order valence-corrected chi connectivity index (χ1v) is 6.10. The van der Waals surface area contributed by atoms with E-state index in [1.54, 1.807) is 13.2 Å². The van der Waals surface area contributed by atoms with E-state index in [4.69, 9.17) is 9.15 Å². The predicted octanol–water partition coefficient (Wildman–Crippen LogP) is 2.61. The number of benzene rings is 1. The molecule has 1 atom stereocenters. The number of furan rings is 1. The van der Waals surface area contributed by atoms with Crippen molar-refractivity contribution in [3.05, 3.63) is 42.4 Å². The number of ether oxygens (including phenoxy) is 1. The number of carbonyl (C=O) groups is 1. The van der Waals surface area contributed by atoms with Crippen molar-refractivity contribution in [2.75, 3.05) is 10.6 Å². The van der Waals surface area contributed by atoms with E-state index >= 15 is 0 Å². The monoisotopic (exact) mass is 258 g/mol. The third-order valence-electron chi connectivity index (χ3n) is 2.96. The maximum atomic E-state index is 11.5. The highest BCUT2D eigenvalue weighted by molar-refractivity contribution is 5.98. The number of carbonyl (C=O) groups excluding carboxylic acids is 1. The molecule has 1 unspecified atom stereocenters. The number of nitrogens with one attached hydrogen (secondary N) is 2. The minimum absolute atomic E-state index is 0.129. The van der Waals surface area contributed by atoms with E-state index in [1.807, 2.05) is 30.3 Å². The first kappa shape index (κ1) is 11.6. The van der Waals surface area contributed by atoms with Gasteiger partial charge in [-0.15, -0.1) is 0 Å². The lowest BCUT2D eigenvalue weighted by atomic mass is 10.2. The Morgan fingerprint density at radius 3 is 3.05 bits per heavy atom. The lowest BCUT2D eigenvalue weighted by molar-refractivity contribution is -0.122. The van der Waals surface area contributed by atoms with Crippen LogP contribution in [0.4, 0.5) is 11.4 Å². The van der Waals surface area contributed by atoms with Gasteiger partial charge in [0.05, 0.1) is 18.5 Å². The molecule has 1 amide bonds. The Bertz CT molecular complexity index is 593. The van der Waals surface area contributed by atoms with Gasteiger partial charge in [-0.05, 0) is 37.3 Å². The lowest BCUT2D eigenvalue weighted by Gasteiger charge is -2.23. The van der Waals surface area contributed by atoms with Crippen LogP contribution in [0.5, 0.6) is 5.75 Å². The van der Waals surface area contributed by atoms with Crippen LogP contribution in [-0.2, 0) is 11.3 Å². The van der Waals surface area contributed by atoms with Gasteiger partial charge in [0.2, 0.25) is 0 Å². The van der Waals surface area contributed by atoms with Crippen molar-refractivity contribution >= 4 is 17.3 Å². The summed E-state index contributed by atoms with van der Waals surface area (Å²) < 4.78 is 10.7. The maximum Gasteiger partial charge on any atom is 0.265 e. The molecule has 0 saturated heterocycles. The molecule has 0 aliphatic carbocycles. The molecule has 5 heteroatoms. The van der Waals surface area contributed by atoms with Gasteiger partial charge in [-0.2, -0.15) is 0 Å². The Labute approximate surface area is 110 Å². The second-order valence-electron chi connectivity index (χ2n) is 4.39. The molecule has 98 valence electrons. The second kappa shape index (κ2) is 4.68. The minimum Gasteiger partial charge on any atom is -0.479 e. The molecule has 19 heavy (non-hydrogen) atoms. The molecule has 0 spiro atoms. The fourth-order valence-electron chi connectivity index (χ4n) is 1.92. The first-order valence-electron chi connectivity index (χ1n) is 6.10. The van der Waals surface area contributed by atoms with E-state index in [2.05, 4.69) is 10.6 Å². The zero-order chi connectivity index (χ0) is 13.2. The predicted molar refractivity (Wildman–Crippen MR) is 71.2 cm³/mol. The average molecular weight is 258 g/mol. The fraction of sp³-hybridized carbons (Fsp3) is 0.214. The van der Waals surface area contributed by atoms with E-state index < -0.39 is 6.10 Å². The molecule has 1 aliphatic rings. The summed E-state index contributed by atoms with van der Waals surface area (Å²) >= 11 is 0. The van der Waals surface area contributed by atoms with Crippen LogP contribution in [0.15, 0.2) is 41.0 Å². The summed E-state index contributed by atoms with van der Waals surface area (Å²) in [6.45, 7) is 2.32. The van der Waals surface area contributed by atoms with Gasteiger partial charge in [-0.25, -0.2) is 0 Å². The number of fused-ring (bicyclic) bond motifs is 1. The SMILES string of the molecule is CC1Oc2ccc(NCc3ccco3)cc2NC1=O. The van der Waals surface area contributed by atoms with Crippen LogP contribution in [0.2, 0.25) is 0 Å². The summed E-state index contributed by atoms with van der Waals surface area (Å²) in [7, 11) is 0. The topological polar surface area (TPSA) is 63.5 Å². The molecule has 2 heterocycles. The van der Waals surface area contributed by atoms with Gasteiger partial charge >= 0.3 is 0 Å². The molecular weight excluding hydrogens is 244 g/mol. The smallest absolute Gasteiger partial charge is 0.265 e. The van der Waals surface area contributed by atoms with Crippen LogP contribution in [0, 0.1) is 0 Å². The standard InChI is InChI=1S/C14H14N2O3/c1-9-14(17)16-12-7-10(4-5-13(12)19-9)15-8-11-3-2-6-18-11/h2-7,9,15H,8H2,1H3,(H,16,17). The molecule has 3 rings (SSSR count). The summed E-state index contributed by atoms with van der Waals surface area (Å²) in [6.07, 6.45) is 1.19. The Kier molecular flexibility index (Phi) is 2.87. The highest BCUT2D eigenvalue weighted by Gasteiger charge is 2.23. The second-order valence-corrected chi connectivity index (χ2v) is 4.39. The van der Waals surface area contributed by atoms with Crippen LogP contribution < -0.4 is 15.4 Å². The Morgan fingerprint density at radius 2 is 2.26 bits per heavy atom. The molecule has 1 aromatic carbocycles. The summed E-state index contributed by atoms with van der Waals surface area (Å²) in [5.41, 5.74) is 1.58. The maximum absolute atomic E-state index is 11.5. The van der Waals surface area contributed by atoms with Gasteiger partial charge in [0.15, 0.2) is 6.10 Å². The molecular formula is C14H14N2O3. The number of rotatable bonds is 3. The molecule has 0 radical (unpaired) electrons. The lowest BCUT2D eigenvalue weighted by Crippen LogP contribution is -2.34. The summed E-state index contributed by atoms with van der Waals surface area (Å²) in [5, 5.41) is 6.04. The van der Waals surface area contributed by atoms with E-state index in [0.717, 1.165) is 11.4 Å². The van der Waals surface area contributed by atoms with E-state index in [9.17, 15) is 4.79 Å². The highest BCUT2D eigenvalue weighted by atomic mass is 16.5. The summed E-state index contributed by atoms with van der Waals surface area (Å²) in [6, 6.07) is 9.35. The Hall–Kier alpha value is -2.43. The van der Waals surface area contributed by atoms with E-state index in [-0.39, 0.29) is 5.91 Å². The number of hydrogen-bond acceptors (Lipinski definition) is 4. The Balaban J connectivity index is 1.74. The number of amides is 1. The zero-order valence-electron chi connectivity index (χ0n) is 10.5. The third-order valence-corrected chi connectivity index (χ3v) is 2.96.